The normalized spacial score (nSPS) is 18.9. The molecule has 1 aliphatic heterocycles. The molecule has 2 rings (SSSR count). The van der Waals surface area contributed by atoms with Crippen LogP contribution in [0.2, 0.25) is 0 Å². The predicted molar refractivity (Wildman–Crippen MR) is 78.3 cm³/mol. The number of hydrogen-bond acceptors (Lipinski definition) is 2. The lowest BCUT2D eigenvalue weighted by Gasteiger charge is -2.33. The fourth-order valence-electron chi connectivity index (χ4n) is 2.81. The van der Waals surface area contributed by atoms with Gasteiger partial charge in [0.15, 0.2) is 0 Å². The molecule has 0 spiro atoms. The summed E-state index contributed by atoms with van der Waals surface area (Å²) >= 11 is 0. The number of hydrogen-bond donors (Lipinski definition) is 1. The molecule has 1 atom stereocenters. The molecule has 1 saturated heterocycles. The van der Waals surface area contributed by atoms with Crippen LogP contribution in [-0.4, -0.2) is 37.1 Å². The van der Waals surface area contributed by atoms with Crippen LogP contribution in [0.1, 0.15) is 29.2 Å². The smallest absolute Gasteiger partial charge is 0.0110 e. The molecule has 1 N–H and O–H groups in total. The standard InChI is InChI=1S/C16H26N2/c1-12-9-14(3)16(10-13(12)2)11-15(4)18-7-5-17-6-8-18/h9-10,15,17H,5-8,11H2,1-4H3. The zero-order chi connectivity index (χ0) is 13.1. The van der Waals surface area contributed by atoms with Crippen LogP contribution in [0.3, 0.4) is 0 Å². The van der Waals surface area contributed by atoms with Gasteiger partial charge < -0.3 is 5.32 Å². The fourth-order valence-corrected chi connectivity index (χ4v) is 2.81. The SMILES string of the molecule is Cc1cc(C)c(CC(C)N2CCNCC2)cc1C. The number of nitrogens with one attached hydrogen (secondary N) is 1. The Morgan fingerprint density at radius 3 is 2.33 bits per heavy atom. The van der Waals surface area contributed by atoms with Crippen LogP contribution < -0.4 is 5.32 Å². The van der Waals surface area contributed by atoms with Crippen molar-refractivity contribution in [3.8, 4) is 0 Å². The Labute approximate surface area is 111 Å². The second kappa shape index (κ2) is 5.85. The van der Waals surface area contributed by atoms with Gasteiger partial charge in [-0.05, 0) is 56.4 Å². The molecule has 0 aliphatic carbocycles. The van der Waals surface area contributed by atoms with Crippen LogP contribution in [0, 0.1) is 20.8 Å². The maximum atomic E-state index is 3.42. The highest BCUT2D eigenvalue weighted by atomic mass is 15.2. The topological polar surface area (TPSA) is 15.3 Å². The summed E-state index contributed by atoms with van der Waals surface area (Å²) in [6.45, 7) is 13.7. The van der Waals surface area contributed by atoms with E-state index in [1.54, 1.807) is 0 Å². The molecule has 1 fully saturated rings. The maximum absolute atomic E-state index is 3.42. The number of aryl methyl sites for hydroxylation is 3. The Morgan fingerprint density at radius 1 is 1.06 bits per heavy atom. The van der Waals surface area contributed by atoms with Crippen molar-refractivity contribution in [1.82, 2.24) is 10.2 Å². The molecule has 2 nitrogen and oxygen atoms in total. The minimum absolute atomic E-state index is 0.646. The minimum atomic E-state index is 0.646. The number of benzene rings is 1. The van der Waals surface area contributed by atoms with Crippen LogP contribution in [0.4, 0.5) is 0 Å². The van der Waals surface area contributed by atoms with E-state index in [-0.39, 0.29) is 0 Å². The molecular formula is C16H26N2. The largest absolute Gasteiger partial charge is 0.314 e. The zero-order valence-corrected chi connectivity index (χ0v) is 12.2. The Morgan fingerprint density at radius 2 is 1.67 bits per heavy atom. The highest BCUT2D eigenvalue weighted by Gasteiger charge is 2.17. The van der Waals surface area contributed by atoms with Gasteiger partial charge in [-0.3, -0.25) is 4.90 Å². The van der Waals surface area contributed by atoms with Crippen LogP contribution in [0.5, 0.6) is 0 Å². The van der Waals surface area contributed by atoms with E-state index in [4.69, 9.17) is 0 Å². The maximum Gasteiger partial charge on any atom is 0.0110 e. The first-order chi connectivity index (χ1) is 8.58. The molecule has 1 heterocycles. The van der Waals surface area contributed by atoms with Gasteiger partial charge in [0.2, 0.25) is 0 Å². The second-order valence-electron chi connectivity index (χ2n) is 5.70. The van der Waals surface area contributed by atoms with Gasteiger partial charge in [0.05, 0.1) is 0 Å². The van der Waals surface area contributed by atoms with E-state index in [1.165, 1.54) is 41.8 Å². The van der Waals surface area contributed by atoms with Crippen molar-refractivity contribution in [1.29, 1.82) is 0 Å². The summed E-state index contributed by atoms with van der Waals surface area (Å²) in [5, 5.41) is 3.42. The van der Waals surface area contributed by atoms with Gasteiger partial charge in [-0.1, -0.05) is 12.1 Å². The molecule has 0 saturated carbocycles. The van der Waals surface area contributed by atoms with Gasteiger partial charge in [0.1, 0.15) is 0 Å². The minimum Gasteiger partial charge on any atom is -0.314 e. The first-order valence-electron chi connectivity index (χ1n) is 7.09. The van der Waals surface area contributed by atoms with Crippen molar-refractivity contribution in [3.05, 3.63) is 34.4 Å². The summed E-state index contributed by atoms with van der Waals surface area (Å²) in [5.74, 6) is 0. The lowest BCUT2D eigenvalue weighted by Crippen LogP contribution is -2.48. The Kier molecular flexibility index (Phi) is 4.41. The first kappa shape index (κ1) is 13.6. The van der Waals surface area contributed by atoms with Crippen LogP contribution in [-0.2, 0) is 6.42 Å². The van der Waals surface area contributed by atoms with E-state index in [0.29, 0.717) is 6.04 Å². The average molecular weight is 246 g/mol. The predicted octanol–water partition coefficient (Wildman–Crippen LogP) is 2.45. The summed E-state index contributed by atoms with van der Waals surface area (Å²) in [6.07, 6.45) is 1.17. The number of rotatable bonds is 3. The van der Waals surface area contributed by atoms with E-state index < -0.39 is 0 Å². The first-order valence-corrected chi connectivity index (χ1v) is 7.09. The van der Waals surface area contributed by atoms with Gasteiger partial charge in [0.25, 0.3) is 0 Å². The molecule has 0 bridgehead atoms. The lowest BCUT2D eigenvalue weighted by atomic mass is 9.96. The van der Waals surface area contributed by atoms with E-state index in [1.807, 2.05) is 0 Å². The monoisotopic (exact) mass is 246 g/mol. The van der Waals surface area contributed by atoms with Gasteiger partial charge in [0, 0.05) is 32.2 Å². The molecule has 100 valence electrons. The third-order valence-electron chi connectivity index (χ3n) is 4.24. The molecule has 0 radical (unpaired) electrons. The molecule has 1 aromatic rings. The van der Waals surface area contributed by atoms with Crippen molar-refractivity contribution in [2.75, 3.05) is 26.2 Å². The van der Waals surface area contributed by atoms with Crippen molar-refractivity contribution < 1.29 is 0 Å². The summed E-state index contributed by atoms with van der Waals surface area (Å²) in [5.41, 5.74) is 5.79. The third kappa shape index (κ3) is 3.12. The fraction of sp³-hybridized carbons (Fsp3) is 0.625. The summed E-state index contributed by atoms with van der Waals surface area (Å²) in [7, 11) is 0. The summed E-state index contributed by atoms with van der Waals surface area (Å²) < 4.78 is 0. The van der Waals surface area contributed by atoms with Crippen LogP contribution in [0.25, 0.3) is 0 Å². The van der Waals surface area contributed by atoms with E-state index >= 15 is 0 Å². The zero-order valence-electron chi connectivity index (χ0n) is 12.2. The van der Waals surface area contributed by atoms with Gasteiger partial charge in [-0.2, -0.15) is 0 Å². The molecule has 1 aliphatic rings. The van der Waals surface area contributed by atoms with Gasteiger partial charge in [-0.25, -0.2) is 0 Å². The lowest BCUT2D eigenvalue weighted by molar-refractivity contribution is 0.183. The van der Waals surface area contributed by atoms with Crippen molar-refractivity contribution in [3.63, 3.8) is 0 Å². The average Bonchev–Trinajstić information content (AvgIpc) is 2.37. The summed E-state index contributed by atoms with van der Waals surface area (Å²) in [6, 6.07) is 5.35. The Balaban J connectivity index is 2.06. The number of piperazine rings is 1. The highest BCUT2D eigenvalue weighted by Crippen LogP contribution is 2.18. The van der Waals surface area contributed by atoms with E-state index in [0.717, 1.165) is 13.1 Å². The molecule has 0 amide bonds. The molecule has 1 unspecified atom stereocenters. The Bertz CT molecular complexity index is 406. The molecule has 1 aromatic carbocycles. The van der Waals surface area contributed by atoms with Gasteiger partial charge in [-0.15, -0.1) is 0 Å². The van der Waals surface area contributed by atoms with Gasteiger partial charge >= 0.3 is 0 Å². The van der Waals surface area contributed by atoms with E-state index in [9.17, 15) is 0 Å². The van der Waals surface area contributed by atoms with Crippen molar-refractivity contribution in [2.45, 2.75) is 40.2 Å². The Hall–Kier alpha value is -0.860. The van der Waals surface area contributed by atoms with Crippen molar-refractivity contribution in [2.24, 2.45) is 0 Å². The van der Waals surface area contributed by atoms with Crippen LogP contribution in [0.15, 0.2) is 12.1 Å². The molecule has 18 heavy (non-hydrogen) atoms. The molecule has 2 heteroatoms. The summed E-state index contributed by atoms with van der Waals surface area (Å²) in [4.78, 5) is 2.60. The highest BCUT2D eigenvalue weighted by molar-refractivity contribution is 5.36. The van der Waals surface area contributed by atoms with E-state index in [2.05, 4.69) is 50.0 Å². The van der Waals surface area contributed by atoms with Crippen molar-refractivity contribution >= 4 is 0 Å². The molecular weight excluding hydrogens is 220 g/mol. The second-order valence-corrected chi connectivity index (χ2v) is 5.70. The quantitative estimate of drug-likeness (QED) is 0.881. The number of nitrogens with zero attached hydrogens (tertiary/aromatic N) is 1. The third-order valence-corrected chi connectivity index (χ3v) is 4.24. The van der Waals surface area contributed by atoms with Crippen LogP contribution >= 0.6 is 0 Å². The molecule has 0 aromatic heterocycles.